The Hall–Kier alpha value is -1.84. The van der Waals surface area contributed by atoms with Crippen LogP contribution in [0.25, 0.3) is 0 Å². The smallest absolute Gasteiger partial charge is 0.0383 e. The summed E-state index contributed by atoms with van der Waals surface area (Å²) in [5, 5.41) is 7.30. The maximum absolute atomic E-state index is 3.69. The Balaban J connectivity index is 1.55. The molecule has 2 N–H and O–H groups in total. The van der Waals surface area contributed by atoms with Crippen LogP contribution in [0, 0.1) is 0 Å². The van der Waals surface area contributed by atoms with Crippen molar-refractivity contribution in [2.45, 2.75) is 44.8 Å². The van der Waals surface area contributed by atoms with Crippen molar-refractivity contribution in [3.05, 3.63) is 65.2 Å². The number of rotatable bonds is 5. The molecule has 1 fully saturated rings. The van der Waals surface area contributed by atoms with Crippen LogP contribution in [0.15, 0.2) is 48.5 Å². The van der Waals surface area contributed by atoms with Crippen LogP contribution >= 0.6 is 0 Å². The summed E-state index contributed by atoms with van der Waals surface area (Å²) in [7, 11) is 0. The van der Waals surface area contributed by atoms with Gasteiger partial charge < -0.3 is 10.6 Å². The van der Waals surface area contributed by atoms with Gasteiger partial charge in [-0.05, 0) is 35.7 Å². The van der Waals surface area contributed by atoms with Gasteiger partial charge in [0.15, 0.2) is 0 Å². The van der Waals surface area contributed by atoms with Crippen LogP contribution in [-0.4, -0.2) is 30.6 Å². The summed E-state index contributed by atoms with van der Waals surface area (Å²) < 4.78 is 0. The van der Waals surface area contributed by atoms with E-state index in [1.807, 2.05) is 0 Å². The van der Waals surface area contributed by atoms with Gasteiger partial charge in [0.05, 0.1) is 0 Å². The highest BCUT2D eigenvalue weighted by atomic mass is 15.2. The van der Waals surface area contributed by atoms with Crippen molar-refractivity contribution in [3.63, 3.8) is 0 Å². The number of anilines is 1. The van der Waals surface area contributed by atoms with Crippen molar-refractivity contribution in [3.8, 4) is 0 Å². The van der Waals surface area contributed by atoms with Crippen LogP contribution < -0.4 is 10.6 Å². The van der Waals surface area contributed by atoms with E-state index in [0.717, 1.165) is 26.2 Å². The third-order valence-electron chi connectivity index (χ3n) is 5.68. The number of benzene rings is 2. The Morgan fingerprint density at radius 1 is 1.12 bits per heavy atom. The molecule has 2 aliphatic rings. The summed E-state index contributed by atoms with van der Waals surface area (Å²) >= 11 is 0. The molecule has 132 valence electrons. The molecular weight excluding hydrogens is 306 g/mol. The van der Waals surface area contributed by atoms with Crippen LogP contribution in [-0.2, 0) is 18.5 Å². The van der Waals surface area contributed by atoms with Crippen molar-refractivity contribution in [1.29, 1.82) is 0 Å². The summed E-state index contributed by atoms with van der Waals surface area (Å²) in [6, 6.07) is 18.1. The van der Waals surface area contributed by atoms with E-state index in [1.54, 1.807) is 5.56 Å². The summed E-state index contributed by atoms with van der Waals surface area (Å²) in [5.41, 5.74) is 6.08. The number of nitrogens with zero attached hydrogens (tertiary/aromatic N) is 1. The van der Waals surface area contributed by atoms with E-state index in [-0.39, 0.29) is 5.41 Å². The maximum atomic E-state index is 3.69. The first-order valence-electron chi connectivity index (χ1n) is 9.52. The second-order valence-electron chi connectivity index (χ2n) is 7.96. The number of fused-ring (bicyclic) bond motifs is 2. The lowest BCUT2D eigenvalue weighted by Crippen LogP contribution is -2.34. The molecule has 0 aromatic heterocycles. The molecule has 1 saturated heterocycles. The van der Waals surface area contributed by atoms with Crippen LogP contribution in [0.4, 0.5) is 5.69 Å². The zero-order valence-electron chi connectivity index (χ0n) is 15.4. The molecule has 3 nitrogen and oxygen atoms in total. The van der Waals surface area contributed by atoms with Gasteiger partial charge in [-0.1, -0.05) is 56.3 Å². The van der Waals surface area contributed by atoms with E-state index < -0.39 is 0 Å². The molecule has 0 unspecified atom stereocenters. The molecule has 1 atom stereocenters. The molecule has 0 aliphatic carbocycles. The molecule has 0 saturated carbocycles. The van der Waals surface area contributed by atoms with Crippen LogP contribution in [0.5, 0.6) is 0 Å². The summed E-state index contributed by atoms with van der Waals surface area (Å²) in [6.45, 7) is 9.87. The molecule has 2 aromatic carbocycles. The van der Waals surface area contributed by atoms with Gasteiger partial charge in [-0.2, -0.15) is 0 Å². The largest absolute Gasteiger partial charge is 0.384 e. The SMILES string of the molecule is CC(C)NCc1cccc2c1[C@]1(CCN(Cc3ccccc3)C1)CN2. The lowest BCUT2D eigenvalue weighted by molar-refractivity contribution is 0.308. The van der Waals surface area contributed by atoms with E-state index in [1.165, 1.54) is 29.8 Å². The van der Waals surface area contributed by atoms with Gasteiger partial charge in [0.1, 0.15) is 0 Å². The maximum Gasteiger partial charge on any atom is 0.0383 e. The van der Waals surface area contributed by atoms with Gasteiger partial charge in [0.25, 0.3) is 0 Å². The number of likely N-dealkylation sites (tertiary alicyclic amines) is 1. The van der Waals surface area contributed by atoms with Crippen molar-refractivity contribution in [1.82, 2.24) is 10.2 Å². The number of hydrogen-bond donors (Lipinski definition) is 2. The molecule has 1 spiro atoms. The fourth-order valence-electron chi connectivity index (χ4n) is 4.47. The van der Waals surface area contributed by atoms with E-state index in [0.29, 0.717) is 6.04 Å². The molecule has 2 aromatic rings. The topological polar surface area (TPSA) is 27.3 Å². The highest BCUT2D eigenvalue weighted by Gasteiger charge is 2.45. The molecule has 0 radical (unpaired) electrons. The minimum absolute atomic E-state index is 0.277. The van der Waals surface area contributed by atoms with Crippen molar-refractivity contribution >= 4 is 5.69 Å². The fraction of sp³-hybridized carbons (Fsp3) is 0.455. The van der Waals surface area contributed by atoms with Gasteiger partial charge in [-0.25, -0.2) is 0 Å². The molecule has 2 heterocycles. The molecule has 2 aliphatic heterocycles. The van der Waals surface area contributed by atoms with E-state index in [4.69, 9.17) is 0 Å². The van der Waals surface area contributed by atoms with Crippen molar-refractivity contribution in [2.24, 2.45) is 0 Å². The Morgan fingerprint density at radius 2 is 1.96 bits per heavy atom. The first kappa shape index (κ1) is 16.6. The lowest BCUT2D eigenvalue weighted by Gasteiger charge is -2.27. The quantitative estimate of drug-likeness (QED) is 0.871. The third kappa shape index (κ3) is 3.31. The Kier molecular flexibility index (Phi) is 4.53. The zero-order chi connectivity index (χ0) is 17.3. The minimum Gasteiger partial charge on any atom is -0.384 e. The molecule has 0 amide bonds. The standard InChI is InChI=1S/C22H29N3/c1-17(2)23-13-19-9-6-10-20-21(19)22(15-24-20)11-12-25(16-22)14-18-7-4-3-5-8-18/h3-10,17,23-24H,11-16H2,1-2H3/t22-/m1/s1. The van der Waals surface area contributed by atoms with E-state index in [2.05, 4.69) is 77.9 Å². The predicted molar refractivity (Wildman–Crippen MR) is 105 cm³/mol. The first-order valence-corrected chi connectivity index (χ1v) is 9.52. The number of hydrogen-bond acceptors (Lipinski definition) is 3. The highest BCUT2D eigenvalue weighted by molar-refractivity contribution is 5.64. The lowest BCUT2D eigenvalue weighted by atomic mass is 9.79. The molecule has 0 bridgehead atoms. The van der Waals surface area contributed by atoms with E-state index in [9.17, 15) is 0 Å². The normalized spacial score (nSPS) is 22.5. The van der Waals surface area contributed by atoms with Gasteiger partial charge in [-0.15, -0.1) is 0 Å². The van der Waals surface area contributed by atoms with Crippen LogP contribution in [0.2, 0.25) is 0 Å². The van der Waals surface area contributed by atoms with E-state index >= 15 is 0 Å². The van der Waals surface area contributed by atoms with Crippen molar-refractivity contribution < 1.29 is 0 Å². The number of nitrogens with one attached hydrogen (secondary N) is 2. The van der Waals surface area contributed by atoms with Gasteiger partial charge >= 0.3 is 0 Å². The van der Waals surface area contributed by atoms with Gasteiger partial charge in [0.2, 0.25) is 0 Å². The highest BCUT2D eigenvalue weighted by Crippen LogP contribution is 2.45. The second-order valence-corrected chi connectivity index (χ2v) is 7.96. The Labute approximate surface area is 151 Å². The van der Waals surface area contributed by atoms with Crippen LogP contribution in [0.1, 0.15) is 37.0 Å². The van der Waals surface area contributed by atoms with Crippen LogP contribution in [0.3, 0.4) is 0 Å². The molecule has 3 heteroatoms. The van der Waals surface area contributed by atoms with Crippen molar-refractivity contribution in [2.75, 3.05) is 25.0 Å². The Morgan fingerprint density at radius 3 is 2.76 bits per heavy atom. The summed E-state index contributed by atoms with van der Waals surface area (Å²) in [5.74, 6) is 0. The minimum atomic E-state index is 0.277. The second kappa shape index (κ2) is 6.81. The molecular formula is C22H29N3. The average Bonchev–Trinajstić information content (AvgIpc) is 3.19. The summed E-state index contributed by atoms with van der Waals surface area (Å²) in [6.07, 6.45) is 1.25. The molecule has 25 heavy (non-hydrogen) atoms. The summed E-state index contributed by atoms with van der Waals surface area (Å²) in [4.78, 5) is 2.62. The third-order valence-corrected chi connectivity index (χ3v) is 5.68. The predicted octanol–water partition coefficient (Wildman–Crippen LogP) is 3.75. The van der Waals surface area contributed by atoms with Gasteiger partial charge in [0, 0.05) is 43.3 Å². The Bertz CT molecular complexity index is 725. The fourth-order valence-corrected chi connectivity index (χ4v) is 4.47. The first-order chi connectivity index (χ1) is 12.2. The van der Waals surface area contributed by atoms with Gasteiger partial charge in [-0.3, -0.25) is 4.90 Å². The zero-order valence-corrected chi connectivity index (χ0v) is 15.4. The monoisotopic (exact) mass is 335 g/mol. The average molecular weight is 335 g/mol. The molecule has 4 rings (SSSR count).